The number of fused-ring (bicyclic) bond motifs is 1. The summed E-state index contributed by atoms with van der Waals surface area (Å²) in [5.41, 5.74) is 2.04. The van der Waals surface area contributed by atoms with Crippen LogP contribution in [0, 0.1) is 11.8 Å². The second kappa shape index (κ2) is 5.25. The van der Waals surface area contributed by atoms with E-state index in [-0.39, 0.29) is 11.9 Å². The number of aromatic nitrogens is 2. The maximum absolute atomic E-state index is 11.7. The number of H-pyrrole nitrogens is 1. The Morgan fingerprint density at radius 3 is 3.00 bits per heavy atom. The number of rotatable bonds is 3. The Balaban J connectivity index is 1.71. The molecule has 1 N–H and O–H groups in total. The Bertz CT molecular complexity index is 589. The third-order valence-corrected chi connectivity index (χ3v) is 4.00. The zero-order chi connectivity index (χ0) is 14.1. The summed E-state index contributed by atoms with van der Waals surface area (Å²) in [4.78, 5) is 21.8. The van der Waals surface area contributed by atoms with E-state index in [0.29, 0.717) is 5.92 Å². The first-order valence-corrected chi connectivity index (χ1v) is 6.91. The van der Waals surface area contributed by atoms with Gasteiger partial charge in [-0.3, -0.25) is 9.69 Å². The van der Waals surface area contributed by atoms with Crippen molar-refractivity contribution in [3.05, 3.63) is 30.1 Å². The molecule has 0 aliphatic carbocycles. The Kier molecular flexibility index (Phi) is 3.44. The lowest BCUT2D eigenvalue weighted by Gasteiger charge is -2.13. The summed E-state index contributed by atoms with van der Waals surface area (Å²) in [5, 5.41) is 0. The molecule has 0 bridgehead atoms. The van der Waals surface area contributed by atoms with Crippen molar-refractivity contribution < 1.29 is 9.53 Å². The van der Waals surface area contributed by atoms with Gasteiger partial charge < -0.3 is 9.72 Å². The third-order valence-electron chi connectivity index (χ3n) is 4.00. The van der Waals surface area contributed by atoms with Crippen molar-refractivity contribution in [2.75, 3.05) is 20.2 Å². The summed E-state index contributed by atoms with van der Waals surface area (Å²) >= 11 is 0. The molecule has 3 rings (SSSR count). The van der Waals surface area contributed by atoms with E-state index in [4.69, 9.17) is 4.74 Å². The topological polar surface area (TPSA) is 58.2 Å². The van der Waals surface area contributed by atoms with Crippen molar-refractivity contribution in [2.24, 2.45) is 11.8 Å². The number of nitrogens with one attached hydrogen (secondary N) is 1. The molecule has 1 aliphatic rings. The zero-order valence-corrected chi connectivity index (χ0v) is 11.8. The standard InChI is InChI=1S/C15H19N3O2/c1-10-7-18(8-11(10)15(19)20-2)9-14-16-12-5-3-4-6-13(12)17-14/h3-6,10-11H,7-9H2,1-2H3,(H,16,17). The minimum absolute atomic E-state index is 0.0237. The van der Waals surface area contributed by atoms with Crippen LogP contribution < -0.4 is 0 Å². The molecule has 0 amide bonds. The molecule has 1 aromatic heterocycles. The number of carbonyl (C=O) groups excluding carboxylic acids is 1. The van der Waals surface area contributed by atoms with Gasteiger partial charge in [0.25, 0.3) is 0 Å². The molecular formula is C15H19N3O2. The van der Waals surface area contributed by atoms with Crippen LogP contribution in [0.4, 0.5) is 0 Å². The average molecular weight is 273 g/mol. The molecule has 0 radical (unpaired) electrons. The van der Waals surface area contributed by atoms with Crippen LogP contribution in [0.5, 0.6) is 0 Å². The molecule has 1 saturated heterocycles. The molecule has 20 heavy (non-hydrogen) atoms. The van der Waals surface area contributed by atoms with Crippen LogP contribution in [0.15, 0.2) is 24.3 Å². The largest absolute Gasteiger partial charge is 0.469 e. The highest BCUT2D eigenvalue weighted by molar-refractivity contribution is 5.75. The van der Waals surface area contributed by atoms with Gasteiger partial charge in [0.2, 0.25) is 0 Å². The fourth-order valence-electron chi connectivity index (χ4n) is 2.95. The van der Waals surface area contributed by atoms with Gasteiger partial charge in [0.05, 0.1) is 30.6 Å². The van der Waals surface area contributed by atoms with Gasteiger partial charge in [-0.05, 0) is 18.1 Å². The average Bonchev–Trinajstić information content (AvgIpc) is 3.01. The van der Waals surface area contributed by atoms with Crippen molar-refractivity contribution in [3.63, 3.8) is 0 Å². The summed E-state index contributed by atoms with van der Waals surface area (Å²) in [6.07, 6.45) is 0. The number of carbonyl (C=O) groups is 1. The normalized spacial score (nSPS) is 23.3. The molecule has 2 unspecified atom stereocenters. The lowest BCUT2D eigenvalue weighted by atomic mass is 9.99. The van der Waals surface area contributed by atoms with Gasteiger partial charge in [-0.25, -0.2) is 4.98 Å². The summed E-state index contributed by atoms with van der Waals surface area (Å²) in [6, 6.07) is 8.00. The second-order valence-electron chi connectivity index (χ2n) is 5.50. The van der Waals surface area contributed by atoms with Crippen molar-refractivity contribution in [3.8, 4) is 0 Å². The van der Waals surface area contributed by atoms with Crippen molar-refractivity contribution in [2.45, 2.75) is 13.5 Å². The van der Waals surface area contributed by atoms with Crippen LogP contribution in [-0.2, 0) is 16.1 Å². The van der Waals surface area contributed by atoms with Crippen LogP contribution in [0.1, 0.15) is 12.7 Å². The van der Waals surface area contributed by atoms with Crippen LogP contribution in [0.2, 0.25) is 0 Å². The van der Waals surface area contributed by atoms with Gasteiger partial charge in [-0.2, -0.15) is 0 Å². The first-order valence-electron chi connectivity index (χ1n) is 6.91. The zero-order valence-electron chi connectivity index (χ0n) is 11.8. The first-order chi connectivity index (χ1) is 9.67. The lowest BCUT2D eigenvalue weighted by Crippen LogP contribution is -2.24. The molecule has 1 aliphatic heterocycles. The SMILES string of the molecule is COC(=O)C1CN(Cc2nc3ccccc3[nH]2)CC1C. The third kappa shape index (κ3) is 2.41. The van der Waals surface area contributed by atoms with Crippen LogP contribution >= 0.6 is 0 Å². The number of para-hydroxylation sites is 2. The van der Waals surface area contributed by atoms with E-state index in [1.54, 1.807) is 0 Å². The summed E-state index contributed by atoms with van der Waals surface area (Å²) in [6.45, 7) is 4.48. The van der Waals surface area contributed by atoms with Gasteiger partial charge in [-0.1, -0.05) is 19.1 Å². The first kappa shape index (κ1) is 13.1. The highest BCUT2D eigenvalue weighted by atomic mass is 16.5. The Morgan fingerprint density at radius 2 is 2.25 bits per heavy atom. The number of imidazole rings is 1. The molecule has 106 valence electrons. The smallest absolute Gasteiger partial charge is 0.310 e. The monoisotopic (exact) mass is 273 g/mol. The maximum Gasteiger partial charge on any atom is 0.310 e. The summed E-state index contributed by atoms with van der Waals surface area (Å²) in [5.74, 6) is 1.14. The number of likely N-dealkylation sites (tertiary alicyclic amines) is 1. The quantitative estimate of drug-likeness (QED) is 0.866. The van der Waals surface area contributed by atoms with E-state index in [2.05, 4.69) is 21.8 Å². The number of aromatic amines is 1. The van der Waals surface area contributed by atoms with Gasteiger partial charge >= 0.3 is 5.97 Å². The van der Waals surface area contributed by atoms with Crippen molar-refractivity contribution in [1.29, 1.82) is 0 Å². The van der Waals surface area contributed by atoms with Crippen LogP contribution in [0.3, 0.4) is 0 Å². The summed E-state index contributed by atoms with van der Waals surface area (Å²) < 4.78 is 4.86. The lowest BCUT2D eigenvalue weighted by molar-refractivity contribution is -0.146. The van der Waals surface area contributed by atoms with E-state index in [1.807, 2.05) is 24.3 Å². The number of methoxy groups -OCH3 is 1. The Hall–Kier alpha value is -1.88. The van der Waals surface area contributed by atoms with E-state index < -0.39 is 0 Å². The minimum atomic E-state index is -0.107. The van der Waals surface area contributed by atoms with Crippen molar-refractivity contribution in [1.82, 2.24) is 14.9 Å². The summed E-state index contributed by atoms with van der Waals surface area (Å²) in [7, 11) is 1.46. The number of ether oxygens (including phenoxy) is 1. The maximum atomic E-state index is 11.7. The molecule has 5 nitrogen and oxygen atoms in total. The molecule has 0 saturated carbocycles. The van der Waals surface area contributed by atoms with E-state index in [1.165, 1.54) is 7.11 Å². The predicted octanol–water partition coefficient (Wildman–Crippen LogP) is 1.80. The molecule has 1 fully saturated rings. The van der Waals surface area contributed by atoms with E-state index in [0.717, 1.165) is 36.5 Å². The van der Waals surface area contributed by atoms with Crippen molar-refractivity contribution >= 4 is 17.0 Å². The highest BCUT2D eigenvalue weighted by Gasteiger charge is 2.35. The molecule has 5 heteroatoms. The fourth-order valence-corrected chi connectivity index (χ4v) is 2.95. The fraction of sp³-hybridized carbons (Fsp3) is 0.467. The molecule has 2 aromatic rings. The molecule has 2 heterocycles. The number of nitrogens with zero attached hydrogens (tertiary/aromatic N) is 2. The number of benzene rings is 1. The van der Waals surface area contributed by atoms with Gasteiger partial charge in [-0.15, -0.1) is 0 Å². The van der Waals surface area contributed by atoms with Crippen LogP contribution in [-0.4, -0.2) is 41.0 Å². The second-order valence-corrected chi connectivity index (χ2v) is 5.50. The van der Waals surface area contributed by atoms with Crippen LogP contribution in [0.25, 0.3) is 11.0 Å². The molecule has 1 aromatic carbocycles. The molecule has 0 spiro atoms. The predicted molar refractivity (Wildman–Crippen MR) is 76.0 cm³/mol. The van der Waals surface area contributed by atoms with Gasteiger partial charge in [0, 0.05) is 13.1 Å². The Morgan fingerprint density at radius 1 is 1.45 bits per heavy atom. The van der Waals surface area contributed by atoms with E-state index in [9.17, 15) is 4.79 Å². The number of hydrogen-bond acceptors (Lipinski definition) is 4. The minimum Gasteiger partial charge on any atom is -0.469 e. The molecular weight excluding hydrogens is 254 g/mol. The Labute approximate surface area is 117 Å². The molecule has 2 atom stereocenters. The number of hydrogen-bond donors (Lipinski definition) is 1. The number of esters is 1. The van der Waals surface area contributed by atoms with E-state index >= 15 is 0 Å². The van der Waals surface area contributed by atoms with Gasteiger partial charge in [0.15, 0.2) is 0 Å². The van der Waals surface area contributed by atoms with Gasteiger partial charge in [0.1, 0.15) is 5.82 Å². The highest BCUT2D eigenvalue weighted by Crippen LogP contribution is 2.25.